The molecular weight excluding hydrogens is 302 g/mol. The maximum absolute atomic E-state index is 9.28. The van der Waals surface area contributed by atoms with Crippen LogP contribution in [0.25, 0.3) is 33.7 Å². The lowest BCUT2D eigenvalue weighted by molar-refractivity contribution is 0.281. The minimum atomic E-state index is -0.0565. The molecule has 0 aliphatic heterocycles. The summed E-state index contributed by atoms with van der Waals surface area (Å²) in [5, 5.41) is 16.4. The Labute approximate surface area is 138 Å². The molecule has 0 aliphatic carbocycles. The van der Waals surface area contributed by atoms with Gasteiger partial charge in [0.15, 0.2) is 0 Å². The largest absolute Gasteiger partial charge is 0.392 e. The van der Waals surface area contributed by atoms with Crippen molar-refractivity contribution in [1.82, 2.24) is 25.1 Å². The summed E-state index contributed by atoms with van der Waals surface area (Å²) in [6, 6.07) is 11.5. The third-order valence-electron chi connectivity index (χ3n) is 3.84. The molecule has 4 rings (SSSR count). The number of hydrogen-bond donors (Lipinski definition) is 2. The first-order valence-corrected chi connectivity index (χ1v) is 7.59. The second kappa shape index (κ2) is 5.82. The normalized spacial score (nSPS) is 11.1. The number of rotatable bonds is 3. The molecule has 0 saturated carbocycles. The van der Waals surface area contributed by atoms with Crippen molar-refractivity contribution in [3.05, 3.63) is 60.0 Å². The van der Waals surface area contributed by atoms with E-state index in [1.165, 1.54) is 0 Å². The fourth-order valence-electron chi connectivity index (χ4n) is 2.64. The standard InChI is InChI=1S/C18H15N5O/c1-11-3-2-4-16(21-11)18-13(9-20-23-18)14-5-6-15-17(22-14)7-12(10-24)8-19-15/h2-9,24H,10H2,1H3,(H,20,23). The summed E-state index contributed by atoms with van der Waals surface area (Å²) >= 11 is 0. The number of aliphatic hydroxyl groups is 1. The molecular formula is C18H15N5O. The predicted molar refractivity (Wildman–Crippen MR) is 91.0 cm³/mol. The molecule has 4 aromatic heterocycles. The number of hydrogen-bond acceptors (Lipinski definition) is 5. The number of pyridine rings is 3. The van der Waals surface area contributed by atoms with Crippen LogP contribution in [0.3, 0.4) is 0 Å². The van der Waals surface area contributed by atoms with Crippen molar-refractivity contribution in [1.29, 1.82) is 0 Å². The molecule has 2 N–H and O–H groups in total. The number of fused-ring (bicyclic) bond motifs is 1. The van der Waals surface area contributed by atoms with Gasteiger partial charge >= 0.3 is 0 Å². The van der Waals surface area contributed by atoms with E-state index in [9.17, 15) is 5.11 Å². The lowest BCUT2D eigenvalue weighted by Crippen LogP contribution is -1.92. The van der Waals surface area contributed by atoms with Crippen LogP contribution in [0.1, 0.15) is 11.3 Å². The maximum atomic E-state index is 9.28. The molecule has 0 unspecified atom stereocenters. The first kappa shape index (κ1) is 14.5. The van der Waals surface area contributed by atoms with E-state index >= 15 is 0 Å². The van der Waals surface area contributed by atoms with Crippen molar-refractivity contribution in [2.75, 3.05) is 0 Å². The third-order valence-corrected chi connectivity index (χ3v) is 3.84. The van der Waals surface area contributed by atoms with Crippen LogP contribution in [0.2, 0.25) is 0 Å². The Balaban J connectivity index is 1.85. The second-order valence-electron chi connectivity index (χ2n) is 5.56. The summed E-state index contributed by atoms with van der Waals surface area (Å²) in [6.07, 6.45) is 3.40. The molecule has 0 bridgehead atoms. The highest BCUT2D eigenvalue weighted by molar-refractivity contribution is 5.82. The van der Waals surface area contributed by atoms with Crippen molar-refractivity contribution in [3.63, 3.8) is 0 Å². The van der Waals surface area contributed by atoms with E-state index in [1.54, 1.807) is 12.4 Å². The van der Waals surface area contributed by atoms with E-state index in [1.807, 2.05) is 43.3 Å². The molecule has 0 fully saturated rings. The van der Waals surface area contributed by atoms with E-state index in [-0.39, 0.29) is 6.61 Å². The third kappa shape index (κ3) is 2.53. The highest BCUT2D eigenvalue weighted by Gasteiger charge is 2.13. The zero-order chi connectivity index (χ0) is 16.5. The van der Waals surface area contributed by atoms with Crippen molar-refractivity contribution < 1.29 is 5.11 Å². The van der Waals surface area contributed by atoms with Gasteiger partial charge < -0.3 is 5.11 Å². The Morgan fingerprint density at radius 3 is 2.75 bits per heavy atom. The van der Waals surface area contributed by atoms with E-state index in [0.717, 1.165) is 44.9 Å². The lowest BCUT2D eigenvalue weighted by Gasteiger charge is -2.05. The van der Waals surface area contributed by atoms with E-state index in [2.05, 4.69) is 25.1 Å². The first-order valence-electron chi connectivity index (χ1n) is 7.59. The number of nitrogens with zero attached hydrogens (tertiary/aromatic N) is 4. The number of H-pyrrole nitrogens is 1. The van der Waals surface area contributed by atoms with Crippen LogP contribution in [-0.4, -0.2) is 30.3 Å². The molecule has 24 heavy (non-hydrogen) atoms. The number of aliphatic hydroxyl groups excluding tert-OH is 1. The van der Waals surface area contributed by atoms with Gasteiger partial charge in [-0.2, -0.15) is 5.10 Å². The smallest absolute Gasteiger partial charge is 0.0928 e. The average molecular weight is 317 g/mol. The van der Waals surface area contributed by atoms with Crippen LogP contribution in [0, 0.1) is 6.92 Å². The second-order valence-corrected chi connectivity index (χ2v) is 5.56. The molecule has 4 heterocycles. The van der Waals surface area contributed by atoms with Crippen LogP contribution in [0.5, 0.6) is 0 Å². The molecule has 0 aromatic carbocycles. The van der Waals surface area contributed by atoms with Crippen LogP contribution >= 0.6 is 0 Å². The molecule has 0 spiro atoms. The number of aryl methyl sites for hydroxylation is 1. The Morgan fingerprint density at radius 2 is 1.92 bits per heavy atom. The lowest BCUT2D eigenvalue weighted by atomic mass is 10.1. The van der Waals surface area contributed by atoms with Gasteiger partial charge in [-0.05, 0) is 42.8 Å². The van der Waals surface area contributed by atoms with Gasteiger partial charge in [0, 0.05) is 17.5 Å². The summed E-state index contributed by atoms with van der Waals surface area (Å²) < 4.78 is 0. The van der Waals surface area contributed by atoms with Crippen molar-refractivity contribution in [2.45, 2.75) is 13.5 Å². The van der Waals surface area contributed by atoms with Gasteiger partial charge in [0.25, 0.3) is 0 Å². The zero-order valence-corrected chi connectivity index (χ0v) is 13.1. The van der Waals surface area contributed by atoms with Gasteiger partial charge in [-0.15, -0.1) is 0 Å². The van der Waals surface area contributed by atoms with Crippen LogP contribution in [-0.2, 0) is 6.61 Å². The number of aromatic nitrogens is 5. The Bertz CT molecular complexity index is 1020. The highest BCUT2D eigenvalue weighted by Crippen LogP contribution is 2.29. The topological polar surface area (TPSA) is 87.6 Å². The van der Waals surface area contributed by atoms with Gasteiger partial charge in [0.1, 0.15) is 0 Å². The molecule has 0 atom stereocenters. The van der Waals surface area contributed by atoms with Crippen molar-refractivity contribution in [2.24, 2.45) is 0 Å². The van der Waals surface area contributed by atoms with Crippen LogP contribution in [0.4, 0.5) is 0 Å². The van der Waals surface area contributed by atoms with Gasteiger partial charge in [0.2, 0.25) is 0 Å². The molecule has 6 heteroatoms. The quantitative estimate of drug-likeness (QED) is 0.606. The van der Waals surface area contributed by atoms with Gasteiger partial charge in [-0.1, -0.05) is 6.07 Å². The summed E-state index contributed by atoms with van der Waals surface area (Å²) in [6.45, 7) is 1.90. The summed E-state index contributed by atoms with van der Waals surface area (Å²) in [4.78, 5) is 13.5. The van der Waals surface area contributed by atoms with E-state index < -0.39 is 0 Å². The zero-order valence-electron chi connectivity index (χ0n) is 13.1. The SMILES string of the molecule is Cc1cccc(-c2[nH]ncc2-c2ccc3ncc(CO)cc3n2)n1. The minimum absolute atomic E-state index is 0.0565. The molecule has 0 saturated heterocycles. The molecule has 6 nitrogen and oxygen atoms in total. The van der Waals surface area contributed by atoms with Gasteiger partial charge in [-0.3, -0.25) is 15.1 Å². The number of aromatic amines is 1. The first-order chi connectivity index (χ1) is 11.7. The Hall–Kier alpha value is -3.12. The van der Waals surface area contributed by atoms with E-state index in [4.69, 9.17) is 0 Å². The maximum Gasteiger partial charge on any atom is 0.0928 e. The summed E-state index contributed by atoms with van der Waals surface area (Å²) in [5.41, 5.74) is 6.52. The van der Waals surface area contributed by atoms with Gasteiger partial charge in [0.05, 0.1) is 40.9 Å². The van der Waals surface area contributed by atoms with Crippen LogP contribution < -0.4 is 0 Å². The summed E-state index contributed by atoms with van der Waals surface area (Å²) in [5.74, 6) is 0. The summed E-state index contributed by atoms with van der Waals surface area (Å²) in [7, 11) is 0. The highest BCUT2D eigenvalue weighted by atomic mass is 16.3. The molecule has 4 aromatic rings. The average Bonchev–Trinajstić information content (AvgIpc) is 3.10. The predicted octanol–water partition coefficient (Wildman–Crippen LogP) is 2.88. The molecule has 0 aliphatic rings. The Kier molecular flexibility index (Phi) is 3.51. The Morgan fingerprint density at radius 1 is 1.00 bits per heavy atom. The fourth-order valence-corrected chi connectivity index (χ4v) is 2.64. The fraction of sp³-hybridized carbons (Fsp3) is 0.111. The molecule has 118 valence electrons. The number of nitrogens with one attached hydrogen (secondary N) is 1. The molecule has 0 radical (unpaired) electrons. The van der Waals surface area contributed by atoms with Crippen molar-refractivity contribution in [3.8, 4) is 22.6 Å². The molecule has 0 amide bonds. The van der Waals surface area contributed by atoms with E-state index in [0.29, 0.717) is 0 Å². The monoisotopic (exact) mass is 317 g/mol. The van der Waals surface area contributed by atoms with Crippen LogP contribution in [0.15, 0.2) is 48.8 Å². The minimum Gasteiger partial charge on any atom is -0.392 e. The van der Waals surface area contributed by atoms with Gasteiger partial charge in [-0.25, -0.2) is 4.98 Å². The van der Waals surface area contributed by atoms with Crippen molar-refractivity contribution >= 4 is 11.0 Å².